The van der Waals surface area contributed by atoms with Gasteiger partial charge in [0.1, 0.15) is 0 Å². The van der Waals surface area contributed by atoms with Crippen molar-refractivity contribution in [1.29, 1.82) is 0 Å². The minimum atomic E-state index is -4.12. The monoisotopic (exact) mass is 215 g/mol. The highest BCUT2D eigenvalue weighted by atomic mass is 19.4. The van der Waals surface area contributed by atoms with Gasteiger partial charge in [0.2, 0.25) is 0 Å². The lowest BCUT2D eigenvalue weighted by atomic mass is 10.4. The van der Waals surface area contributed by atoms with Crippen molar-refractivity contribution < 1.29 is 22.6 Å². The molecule has 1 N–H and O–H groups in total. The number of alkyl halides is 3. The van der Waals surface area contributed by atoms with Crippen molar-refractivity contribution in [2.45, 2.75) is 12.6 Å². The Balaban J connectivity index is 2.99. The zero-order valence-electron chi connectivity index (χ0n) is 8.19. The van der Waals surface area contributed by atoms with Gasteiger partial charge in [-0.15, -0.1) is 0 Å². The van der Waals surface area contributed by atoms with E-state index >= 15 is 0 Å². The highest BCUT2D eigenvalue weighted by Crippen LogP contribution is 2.18. The van der Waals surface area contributed by atoms with Crippen molar-refractivity contribution in [1.82, 2.24) is 5.32 Å². The standard InChI is InChI=1S/C8H16F3NO2/c1-13-6-3-12-4-7-14-5-2-8(9,10)11/h12H,2-7H2,1H3. The van der Waals surface area contributed by atoms with Crippen molar-refractivity contribution in [3.63, 3.8) is 0 Å². The molecule has 0 amide bonds. The molecule has 0 saturated heterocycles. The van der Waals surface area contributed by atoms with Crippen molar-refractivity contribution in [2.75, 3.05) is 40.0 Å². The topological polar surface area (TPSA) is 30.5 Å². The summed E-state index contributed by atoms with van der Waals surface area (Å²) in [6.45, 7) is 1.83. The van der Waals surface area contributed by atoms with Crippen LogP contribution in [0, 0.1) is 0 Å². The van der Waals surface area contributed by atoms with Crippen LogP contribution in [0.25, 0.3) is 0 Å². The summed E-state index contributed by atoms with van der Waals surface area (Å²) >= 11 is 0. The molecule has 0 saturated carbocycles. The van der Waals surface area contributed by atoms with E-state index in [4.69, 9.17) is 9.47 Å². The Morgan fingerprint density at radius 1 is 1.07 bits per heavy atom. The molecule has 6 heteroatoms. The summed E-state index contributed by atoms with van der Waals surface area (Å²) in [6, 6.07) is 0. The summed E-state index contributed by atoms with van der Waals surface area (Å²) in [6.07, 6.45) is -5.01. The van der Waals surface area contributed by atoms with Gasteiger partial charge in [0, 0.05) is 20.2 Å². The van der Waals surface area contributed by atoms with Crippen LogP contribution >= 0.6 is 0 Å². The van der Waals surface area contributed by atoms with E-state index in [9.17, 15) is 13.2 Å². The number of hydrogen-bond donors (Lipinski definition) is 1. The first kappa shape index (κ1) is 13.7. The molecule has 0 atom stereocenters. The fraction of sp³-hybridized carbons (Fsp3) is 1.00. The molecule has 0 aliphatic heterocycles. The van der Waals surface area contributed by atoms with Crippen LogP contribution in [-0.2, 0) is 9.47 Å². The molecular weight excluding hydrogens is 199 g/mol. The lowest BCUT2D eigenvalue weighted by Crippen LogP contribution is -2.24. The van der Waals surface area contributed by atoms with Gasteiger partial charge in [-0.3, -0.25) is 0 Å². The number of halogens is 3. The maximum absolute atomic E-state index is 11.6. The van der Waals surface area contributed by atoms with Crippen molar-refractivity contribution >= 4 is 0 Å². The fourth-order valence-electron chi connectivity index (χ4n) is 0.734. The average molecular weight is 215 g/mol. The maximum atomic E-state index is 11.6. The molecule has 0 heterocycles. The van der Waals surface area contributed by atoms with E-state index in [1.165, 1.54) is 0 Å². The van der Waals surface area contributed by atoms with E-state index in [1.54, 1.807) is 7.11 Å². The third-order valence-corrected chi connectivity index (χ3v) is 1.44. The predicted octanol–water partition coefficient (Wildman–Crippen LogP) is 1.19. The molecule has 3 nitrogen and oxygen atoms in total. The van der Waals surface area contributed by atoms with E-state index in [0.717, 1.165) is 0 Å². The third-order valence-electron chi connectivity index (χ3n) is 1.44. The van der Waals surface area contributed by atoms with Gasteiger partial charge in [-0.2, -0.15) is 13.2 Å². The van der Waals surface area contributed by atoms with Crippen LogP contribution in [0.5, 0.6) is 0 Å². The van der Waals surface area contributed by atoms with Crippen LogP contribution in [0.3, 0.4) is 0 Å². The molecule has 0 aliphatic rings. The first-order valence-electron chi connectivity index (χ1n) is 4.40. The molecular formula is C8H16F3NO2. The summed E-state index contributed by atoms with van der Waals surface area (Å²) in [5.74, 6) is 0. The molecule has 86 valence electrons. The minimum absolute atomic E-state index is 0.268. The molecule has 0 fully saturated rings. The molecule has 0 radical (unpaired) electrons. The molecule has 0 aromatic rings. The number of rotatable bonds is 8. The first-order valence-corrected chi connectivity index (χ1v) is 4.40. The van der Waals surface area contributed by atoms with Gasteiger partial charge < -0.3 is 14.8 Å². The minimum Gasteiger partial charge on any atom is -0.383 e. The number of hydrogen-bond acceptors (Lipinski definition) is 3. The van der Waals surface area contributed by atoms with E-state index in [0.29, 0.717) is 26.3 Å². The molecule has 0 rings (SSSR count). The second kappa shape index (κ2) is 8.02. The Kier molecular flexibility index (Phi) is 7.83. The van der Waals surface area contributed by atoms with Crippen LogP contribution in [0.15, 0.2) is 0 Å². The normalized spacial score (nSPS) is 12.0. The fourth-order valence-corrected chi connectivity index (χ4v) is 0.734. The molecule has 0 aromatic carbocycles. The molecule has 0 spiro atoms. The van der Waals surface area contributed by atoms with E-state index in [-0.39, 0.29) is 6.61 Å². The zero-order valence-corrected chi connectivity index (χ0v) is 8.19. The van der Waals surface area contributed by atoms with Gasteiger partial charge in [0.05, 0.1) is 26.2 Å². The van der Waals surface area contributed by atoms with Crippen LogP contribution in [0.1, 0.15) is 6.42 Å². The Hall–Kier alpha value is -0.330. The number of methoxy groups -OCH3 is 1. The van der Waals surface area contributed by atoms with Gasteiger partial charge in [0.15, 0.2) is 0 Å². The largest absolute Gasteiger partial charge is 0.391 e. The lowest BCUT2D eigenvalue weighted by molar-refractivity contribution is -0.145. The Bertz CT molecular complexity index is 130. The SMILES string of the molecule is COCCNCCOCCC(F)(F)F. The van der Waals surface area contributed by atoms with Crippen molar-refractivity contribution in [3.05, 3.63) is 0 Å². The van der Waals surface area contributed by atoms with E-state index in [2.05, 4.69) is 5.32 Å². The molecule has 0 bridgehead atoms. The molecule has 0 aromatic heterocycles. The van der Waals surface area contributed by atoms with Gasteiger partial charge in [0.25, 0.3) is 0 Å². The first-order chi connectivity index (χ1) is 6.56. The van der Waals surface area contributed by atoms with Crippen LogP contribution in [0.4, 0.5) is 13.2 Å². The van der Waals surface area contributed by atoms with Crippen LogP contribution in [-0.4, -0.2) is 46.2 Å². The Labute approximate surface area is 81.6 Å². The highest BCUT2D eigenvalue weighted by molar-refractivity contribution is 4.49. The Morgan fingerprint density at radius 2 is 1.71 bits per heavy atom. The van der Waals surface area contributed by atoms with E-state index < -0.39 is 12.6 Å². The van der Waals surface area contributed by atoms with E-state index in [1.807, 2.05) is 0 Å². The maximum Gasteiger partial charge on any atom is 0.391 e. The van der Waals surface area contributed by atoms with Gasteiger partial charge in [-0.1, -0.05) is 0 Å². The summed E-state index contributed by atoms with van der Waals surface area (Å²) in [5, 5.41) is 2.95. The molecule has 0 unspecified atom stereocenters. The Morgan fingerprint density at radius 3 is 2.29 bits per heavy atom. The summed E-state index contributed by atoms with van der Waals surface area (Å²) in [7, 11) is 1.58. The predicted molar refractivity (Wildman–Crippen MR) is 46.2 cm³/mol. The van der Waals surface area contributed by atoms with Crippen LogP contribution < -0.4 is 5.32 Å². The summed E-state index contributed by atoms with van der Waals surface area (Å²) in [5.41, 5.74) is 0. The van der Waals surface area contributed by atoms with Gasteiger partial charge in [-0.25, -0.2) is 0 Å². The summed E-state index contributed by atoms with van der Waals surface area (Å²) < 4.78 is 44.4. The summed E-state index contributed by atoms with van der Waals surface area (Å²) in [4.78, 5) is 0. The van der Waals surface area contributed by atoms with Crippen molar-refractivity contribution in [3.8, 4) is 0 Å². The van der Waals surface area contributed by atoms with Crippen molar-refractivity contribution in [2.24, 2.45) is 0 Å². The van der Waals surface area contributed by atoms with Crippen LogP contribution in [0.2, 0.25) is 0 Å². The van der Waals surface area contributed by atoms with Gasteiger partial charge in [-0.05, 0) is 0 Å². The smallest absolute Gasteiger partial charge is 0.383 e. The van der Waals surface area contributed by atoms with Gasteiger partial charge >= 0.3 is 6.18 Å². The molecule has 0 aliphatic carbocycles. The second-order valence-electron chi connectivity index (χ2n) is 2.72. The number of nitrogens with one attached hydrogen (secondary N) is 1. The second-order valence-corrected chi connectivity index (χ2v) is 2.72. The zero-order chi connectivity index (χ0) is 10.9. The third kappa shape index (κ3) is 11.7. The highest BCUT2D eigenvalue weighted by Gasteiger charge is 2.26. The molecule has 14 heavy (non-hydrogen) atoms. The lowest BCUT2D eigenvalue weighted by Gasteiger charge is -2.07. The number of ether oxygens (including phenoxy) is 2. The quantitative estimate of drug-likeness (QED) is 0.617. The average Bonchev–Trinajstić information content (AvgIpc) is 2.08.